The van der Waals surface area contributed by atoms with Gasteiger partial charge in [0.2, 0.25) is 0 Å². The Morgan fingerprint density at radius 3 is 2.47 bits per heavy atom. The molecule has 1 N–H and O–H groups in total. The van der Waals surface area contributed by atoms with Gasteiger partial charge in [-0.3, -0.25) is 9.69 Å². The van der Waals surface area contributed by atoms with Crippen LogP contribution in [0.1, 0.15) is 33.2 Å². The topological polar surface area (TPSA) is 52.2 Å². The molecule has 5 nitrogen and oxygen atoms in total. The van der Waals surface area contributed by atoms with E-state index in [0.717, 1.165) is 54.6 Å². The summed E-state index contributed by atoms with van der Waals surface area (Å²) in [5, 5.41) is 2.13. The molecule has 3 aromatic carbocycles. The molecule has 1 atom stereocenters. The molecule has 0 spiro atoms. The lowest BCUT2D eigenvalue weighted by molar-refractivity contribution is 0.0564. The van der Waals surface area contributed by atoms with Crippen LogP contribution in [0.3, 0.4) is 0 Å². The Morgan fingerprint density at radius 1 is 0.969 bits per heavy atom. The molecule has 0 aliphatic carbocycles. The molecule has 1 aliphatic heterocycles. The lowest BCUT2D eigenvalue weighted by Gasteiger charge is -2.39. The number of imidazole rings is 1. The zero-order valence-corrected chi connectivity index (χ0v) is 18.4. The summed E-state index contributed by atoms with van der Waals surface area (Å²) in [6.07, 6.45) is 4.59. The first-order valence-corrected chi connectivity index (χ1v) is 11.2. The molecule has 162 valence electrons. The number of carbonyl (C=O) groups is 1. The highest BCUT2D eigenvalue weighted by atomic mass is 16.2. The lowest BCUT2D eigenvalue weighted by atomic mass is 10.00. The number of nitrogens with zero attached hydrogens (tertiary/aromatic N) is 3. The number of aromatic amines is 1. The van der Waals surface area contributed by atoms with Crippen molar-refractivity contribution in [1.29, 1.82) is 0 Å². The Hall–Kier alpha value is -3.44. The molecule has 1 amide bonds. The Morgan fingerprint density at radius 2 is 1.72 bits per heavy atom. The van der Waals surface area contributed by atoms with Crippen LogP contribution >= 0.6 is 0 Å². The molecule has 0 bridgehead atoms. The minimum Gasteiger partial charge on any atom is -0.347 e. The third-order valence-corrected chi connectivity index (χ3v) is 6.49. The number of aryl methyl sites for hydroxylation is 1. The molecule has 0 saturated carbocycles. The van der Waals surface area contributed by atoms with Crippen LogP contribution in [0.15, 0.2) is 79.3 Å². The first-order chi connectivity index (χ1) is 15.7. The van der Waals surface area contributed by atoms with Crippen molar-refractivity contribution < 1.29 is 4.79 Å². The van der Waals surface area contributed by atoms with Gasteiger partial charge in [-0.15, -0.1) is 0 Å². The van der Waals surface area contributed by atoms with Gasteiger partial charge in [0.15, 0.2) is 0 Å². The van der Waals surface area contributed by atoms with Crippen molar-refractivity contribution in [2.75, 3.05) is 26.2 Å². The summed E-state index contributed by atoms with van der Waals surface area (Å²) in [5.74, 6) is 0.123. The van der Waals surface area contributed by atoms with Crippen molar-refractivity contribution >= 4 is 16.7 Å². The third kappa shape index (κ3) is 4.16. The zero-order valence-electron chi connectivity index (χ0n) is 18.4. The summed E-state index contributed by atoms with van der Waals surface area (Å²) in [5.41, 5.74) is 4.50. The quantitative estimate of drug-likeness (QED) is 0.509. The van der Waals surface area contributed by atoms with E-state index in [2.05, 4.69) is 58.2 Å². The van der Waals surface area contributed by atoms with Gasteiger partial charge in [-0.1, -0.05) is 66.2 Å². The summed E-state index contributed by atoms with van der Waals surface area (Å²) >= 11 is 0. The molecular weight excluding hydrogens is 396 g/mol. The van der Waals surface area contributed by atoms with Crippen LogP contribution in [0.5, 0.6) is 0 Å². The van der Waals surface area contributed by atoms with E-state index >= 15 is 0 Å². The van der Waals surface area contributed by atoms with Crippen molar-refractivity contribution in [1.82, 2.24) is 19.8 Å². The summed E-state index contributed by atoms with van der Waals surface area (Å²) in [4.78, 5) is 25.4. The standard InChI is InChI=1S/C27H28N4O/c1-20-9-11-21(12-10-20)17-26(25-18-28-19-29-25)30-13-15-31(16-14-30)27(32)24-8-4-6-22-5-2-3-7-23(22)24/h2-12,18-19,26H,13-17H2,1H3,(H,28,29). The van der Waals surface area contributed by atoms with E-state index in [0.29, 0.717) is 0 Å². The Kier molecular flexibility index (Phi) is 5.73. The Bertz CT molecular complexity index is 1190. The zero-order chi connectivity index (χ0) is 21.9. The number of carbonyl (C=O) groups excluding carboxylic acids is 1. The fourth-order valence-electron chi connectivity index (χ4n) is 4.65. The highest BCUT2D eigenvalue weighted by molar-refractivity contribution is 6.07. The van der Waals surface area contributed by atoms with Gasteiger partial charge in [0.05, 0.1) is 18.1 Å². The van der Waals surface area contributed by atoms with E-state index in [-0.39, 0.29) is 11.9 Å². The number of hydrogen-bond donors (Lipinski definition) is 1. The van der Waals surface area contributed by atoms with Crippen LogP contribution in [-0.2, 0) is 6.42 Å². The van der Waals surface area contributed by atoms with Crippen LogP contribution < -0.4 is 0 Å². The number of benzene rings is 3. The summed E-state index contributed by atoms with van der Waals surface area (Å²) in [6.45, 7) is 5.24. The first-order valence-electron chi connectivity index (χ1n) is 11.2. The molecule has 1 aromatic heterocycles. The van der Waals surface area contributed by atoms with Crippen molar-refractivity contribution in [3.63, 3.8) is 0 Å². The number of rotatable bonds is 5. The number of hydrogen-bond acceptors (Lipinski definition) is 3. The lowest BCUT2D eigenvalue weighted by Crippen LogP contribution is -2.50. The molecule has 0 radical (unpaired) electrons. The monoisotopic (exact) mass is 424 g/mol. The van der Waals surface area contributed by atoms with Crippen LogP contribution in [0.2, 0.25) is 0 Å². The number of H-pyrrole nitrogens is 1. The Balaban J connectivity index is 1.31. The SMILES string of the molecule is Cc1ccc(CC(c2cnc[nH]2)N2CCN(C(=O)c3cccc4ccccc34)CC2)cc1. The van der Waals surface area contributed by atoms with E-state index in [1.54, 1.807) is 6.33 Å². The third-order valence-electron chi connectivity index (χ3n) is 6.49. The maximum atomic E-state index is 13.3. The van der Waals surface area contributed by atoms with E-state index in [4.69, 9.17) is 0 Å². The summed E-state index contributed by atoms with van der Waals surface area (Å²) in [7, 11) is 0. The van der Waals surface area contributed by atoms with Crippen LogP contribution in [0, 0.1) is 6.92 Å². The maximum absolute atomic E-state index is 13.3. The van der Waals surface area contributed by atoms with Gasteiger partial charge in [-0.25, -0.2) is 4.98 Å². The fourth-order valence-corrected chi connectivity index (χ4v) is 4.65. The van der Waals surface area contributed by atoms with Gasteiger partial charge in [0, 0.05) is 37.9 Å². The summed E-state index contributed by atoms with van der Waals surface area (Å²) < 4.78 is 0. The molecule has 32 heavy (non-hydrogen) atoms. The summed E-state index contributed by atoms with van der Waals surface area (Å²) in [6, 6.07) is 23.1. The second-order valence-electron chi connectivity index (χ2n) is 8.57. The average Bonchev–Trinajstić information content (AvgIpc) is 3.38. The number of piperazine rings is 1. The minimum atomic E-state index is 0.123. The van der Waals surface area contributed by atoms with Crippen LogP contribution in [-0.4, -0.2) is 51.9 Å². The van der Waals surface area contributed by atoms with Crippen molar-refractivity contribution in [2.45, 2.75) is 19.4 Å². The fraction of sp³-hybridized carbons (Fsp3) is 0.259. The van der Waals surface area contributed by atoms with Gasteiger partial charge in [0.25, 0.3) is 5.91 Å². The second-order valence-corrected chi connectivity index (χ2v) is 8.57. The van der Waals surface area contributed by atoms with Gasteiger partial charge >= 0.3 is 0 Å². The van der Waals surface area contributed by atoms with Crippen molar-refractivity contribution in [3.05, 3.63) is 102 Å². The predicted molar refractivity (Wildman–Crippen MR) is 128 cm³/mol. The van der Waals surface area contributed by atoms with E-state index in [1.165, 1.54) is 11.1 Å². The van der Waals surface area contributed by atoms with Crippen molar-refractivity contribution in [3.8, 4) is 0 Å². The normalized spacial score (nSPS) is 15.7. The maximum Gasteiger partial charge on any atom is 0.254 e. The number of aromatic nitrogens is 2. The molecule has 5 heteroatoms. The largest absolute Gasteiger partial charge is 0.347 e. The van der Waals surface area contributed by atoms with E-state index < -0.39 is 0 Å². The molecular formula is C27H28N4O. The van der Waals surface area contributed by atoms with Gasteiger partial charge in [-0.2, -0.15) is 0 Å². The number of amides is 1. The van der Waals surface area contributed by atoms with E-state index in [1.807, 2.05) is 41.4 Å². The van der Waals surface area contributed by atoms with Gasteiger partial charge in [0.1, 0.15) is 0 Å². The molecule has 1 aliphatic rings. The highest BCUT2D eigenvalue weighted by Crippen LogP contribution is 2.26. The van der Waals surface area contributed by atoms with Crippen LogP contribution in [0.25, 0.3) is 10.8 Å². The van der Waals surface area contributed by atoms with Gasteiger partial charge < -0.3 is 9.88 Å². The number of nitrogens with one attached hydrogen (secondary N) is 1. The smallest absolute Gasteiger partial charge is 0.254 e. The molecule has 1 unspecified atom stereocenters. The average molecular weight is 425 g/mol. The minimum absolute atomic E-state index is 0.123. The molecule has 2 heterocycles. The molecule has 4 aromatic rings. The van der Waals surface area contributed by atoms with Gasteiger partial charge in [-0.05, 0) is 35.7 Å². The molecule has 5 rings (SSSR count). The van der Waals surface area contributed by atoms with E-state index in [9.17, 15) is 4.79 Å². The first kappa shape index (κ1) is 20.5. The Labute approximate surface area is 188 Å². The highest BCUT2D eigenvalue weighted by Gasteiger charge is 2.29. The molecule has 1 saturated heterocycles. The molecule has 1 fully saturated rings. The second kappa shape index (κ2) is 8.97. The van der Waals surface area contributed by atoms with Crippen LogP contribution in [0.4, 0.5) is 0 Å². The predicted octanol–water partition coefficient (Wildman–Crippen LogP) is 4.61. The van der Waals surface area contributed by atoms with Crippen molar-refractivity contribution in [2.24, 2.45) is 0 Å². The number of fused-ring (bicyclic) bond motifs is 1.